The Kier molecular flexibility index (Phi) is 9.64. The van der Waals surface area contributed by atoms with Gasteiger partial charge in [0.15, 0.2) is 0 Å². The first-order valence-electron chi connectivity index (χ1n) is 12.4. The third-order valence-corrected chi connectivity index (χ3v) is 7.92. The van der Waals surface area contributed by atoms with Crippen molar-refractivity contribution in [1.82, 2.24) is 10.2 Å². The molecule has 1 saturated carbocycles. The van der Waals surface area contributed by atoms with E-state index in [2.05, 4.69) is 10.6 Å². The highest BCUT2D eigenvalue weighted by Gasteiger charge is 2.42. The van der Waals surface area contributed by atoms with Crippen molar-refractivity contribution in [2.75, 3.05) is 43.1 Å². The number of anilines is 2. The number of halogens is 6. The predicted molar refractivity (Wildman–Crippen MR) is 139 cm³/mol. The van der Waals surface area contributed by atoms with Crippen LogP contribution in [-0.2, 0) is 14.3 Å². The summed E-state index contributed by atoms with van der Waals surface area (Å²) in [7, 11) is 0. The van der Waals surface area contributed by atoms with Crippen LogP contribution >= 0.6 is 22.9 Å². The van der Waals surface area contributed by atoms with Crippen LogP contribution in [0.1, 0.15) is 40.9 Å². The monoisotopic (exact) mass is 608 g/mol. The minimum atomic E-state index is -4.65. The summed E-state index contributed by atoms with van der Waals surface area (Å²) in [6, 6.07) is 4.43. The Labute approximate surface area is 235 Å². The van der Waals surface area contributed by atoms with Crippen LogP contribution in [0.5, 0.6) is 0 Å². The number of alkyl halides is 5. The number of ether oxygens (including phenoxy) is 1. The van der Waals surface area contributed by atoms with Gasteiger partial charge in [-0.05, 0) is 43.2 Å². The van der Waals surface area contributed by atoms with Gasteiger partial charge < -0.3 is 20.3 Å². The Balaban J connectivity index is 1.59. The molecule has 218 valence electrons. The normalized spacial score (nSPS) is 17.2. The smallest absolute Gasteiger partial charge is 0.370 e. The molecule has 2 aromatic rings. The molecule has 2 fully saturated rings. The molecule has 0 bridgehead atoms. The Morgan fingerprint density at radius 1 is 1.20 bits per heavy atom. The zero-order chi connectivity index (χ0) is 29.0. The van der Waals surface area contributed by atoms with Crippen LogP contribution in [-0.4, -0.2) is 73.7 Å². The van der Waals surface area contributed by atoms with Crippen molar-refractivity contribution >= 4 is 52.0 Å². The molecule has 4 rings (SSSR count). The van der Waals surface area contributed by atoms with E-state index < -0.39 is 61.1 Å². The molecular weight excluding hydrogens is 583 g/mol. The number of hydrogen-bond donors (Lipinski definition) is 2. The van der Waals surface area contributed by atoms with Crippen LogP contribution in [0.3, 0.4) is 0 Å². The SMILES string of the molecule is O=C(NC[C@@H](C(=O)Nc1ccc(N2CCOCC2=O)cc1C(F)F)N(CC(F)(F)F)C1CCC1)c1ccc(Cl)s1. The van der Waals surface area contributed by atoms with Gasteiger partial charge in [-0.25, -0.2) is 8.78 Å². The maximum Gasteiger partial charge on any atom is 0.401 e. The zero-order valence-electron chi connectivity index (χ0n) is 21.0. The van der Waals surface area contributed by atoms with E-state index in [1.807, 2.05) is 0 Å². The maximum absolute atomic E-state index is 14.0. The van der Waals surface area contributed by atoms with Gasteiger partial charge in [0.2, 0.25) is 5.91 Å². The number of benzene rings is 1. The summed E-state index contributed by atoms with van der Waals surface area (Å²) in [6.45, 7) is -1.76. The van der Waals surface area contributed by atoms with Gasteiger partial charge in [-0.3, -0.25) is 19.3 Å². The molecule has 1 aromatic heterocycles. The molecule has 0 spiro atoms. The van der Waals surface area contributed by atoms with E-state index in [0.29, 0.717) is 23.6 Å². The number of amides is 3. The summed E-state index contributed by atoms with van der Waals surface area (Å²) < 4.78 is 74.1. The molecule has 1 aliphatic heterocycles. The molecule has 1 saturated heterocycles. The molecule has 0 radical (unpaired) electrons. The Morgan fingerprint density at radius 2 is 1.95 bits per heavy atom. The molecule has 8 nitrogen and oxygen atoms in total. The molecule has 1 aromatic carbocycles. The van der Waals surface area contributed by atoms with Crippen molar-refractivity contribution in [2.24, 2.45) is 0 Å². The van der Waals surface area contributed by atoms with Gasteiger partial charge in [-0.2, -0.15) is 13.2 Å². The molecule has 2 N–H and O–H groups in total. The van der Waals surface area contributed by atoms with E-state index in [9.17, 15) is 36.3 Å². The lowest BCUT2D eigenvalue weighted by Gasteiger charge is -2.42. The van der Waals surface area contributed by atoms with Crippen LogP contribution < -0.4 is 15.5 Å². The van der Waals surface area contributed by atoms with Crippen LogP contribution in [0.4, 0.5) is 33.3 Å². The fourth-order valence-electron chi connectivity index (χ4n) is 4.51. The van der Waals surface area contributed by atoms with Crippen molar-refractivity contribution in [1.29, 1.82) is 0 Å². The first kappa shape index (κ1) is 30.2. The van der Waals surface area contributed by atoms with E-state index in [-0.39, 0.29) is 36.0 Å². The van der Waals surface area contributed by atoms with Crippen molar-refractivity contribution in [3.63, 3.8) is 0 Å². The molecule has 1 aliphatic carbocycles. The molecule has 3 amide bonds. The number of morpholine rings is 1. The van der Waals surface area contributed by atoms with E-state index in [1.165, 1.54) is 29.2 Å². The second-order valence-electron chi connectivity index (χ2n) is 9.36. The number of carbonyl (C=O) groups is 3. The standard InChI is InChI=1S/C25H26ClF5N4O4S/c26-20-7-6-19(40-20)24(38)32-11-18(35(13-25(29,30)31)14-2-1-3-14)23(37)33-17-5-4-15(10-16(17)22(27)28)34-8-9-39-12-21(34)36/h4-7,10,14,18,22H,1-3,8-9,11-13H2,(H,32,38)(H,33,37)/t18-/m0/s1. The van der Waals surface area contributed by atoms with Crippen molar-refractivity contribution in [3.8, 4) is 0 Å². The highest BCUT2D eigenvalue weighted by Crippen LogP contribution is 2.34. The zero-order valence-corrected chi connectivity index (χ0v) is 22.6. The van der Waals surface area contributed by atoms with E-state index >= 15 is 0 Å². The van der Waals surface area contributed by atoms with Gasteiger partial charge in [-0.1, -0.05) is 18.0 Å². The highest BCUT2D eigenvalue weighted by molar-refractivity contribution is 7.18. The molecule has 0 unspecified atom stereocenters. The Bertz CT molecular complexity index is 1240. The molecule has 40 heavy (non-hydrogen) atoms. The van der Waals surface area contributed by atoms with E-state index in [1.54, 1.807) is 0 Å². The van der Waals surface area contributed by atoms with Crippen LogP contribution in [0.25, 0.3) is 0 Å². The second kappa shape index (κ2) is 12.8. The summed E-state index contributed by atoms with van der Waals surface area (Å²) in [5.41, 5.74) is -0.744. The summed E-state index contributed by atoms with van der Waals surface area (Å²) in [4.78, 5) is 40.6. The average Bonchev–Trinajstić information content (AvgIpc) is 3.29. The first-order valence-corrected chi connectivity index (χ1v) is 13.6. The fraction of sp³-hybridized carbons (Fsp3) is 0.480. The first-order chi connectivity index (χ1) is 18.9. The third-order valence-electron chi connectivity index (χ3n) is 6.69. The number of nitrogens with one attached hydrogen (secondary N) is 2. The van der Waals surface area contributed by atoms with Crippen molar-refractivity contribution in [2.45, 2.75) is 43.9 Å². The summed E-state index contributed by atoms with van der Waals surface area (Å²) in [6.07, 6.45) is -6.21. The number of thiophene rings is 1. The van der Waals surface area contributed by atoms with Gasteiger partial charge in [-0.15, -0.1) is 11.3 Å². The lowest BCUT2D eigenvalue weighted by Crippen LogP contribution is -2.58. The van der Waals surface area contributed by atoms with Gasteiger partial charge in [0.05, 0.1) is 22.4 Å². The van der Waals surface area contributed by atoms with Crippen molar-refractivity contribution in [3.05, 3.63) is 45.1 Å². The third kappa shape index (κ3) is 7.47. The predicted octanol–water partition coefficient (Wildman–Crippen LogP) is 4.86. The lowest BCUT2D eigenvalue weighted by atomic mass is 9.90. The minimum absolute atomic E-state index is 0.151. The lowest BCUT2D eigenvalue weighted by molar-refractivity contribution is -0.163. The highest BCUT2D eigenvalue weighted by atomic mass is 35.5. The second-order valence-corrected chi connectivity index (χ2v) is 11.1. The van der Waals surface area contributed by atoms with Gasteiger partial charge >= 0.3 is 6.18 Å². The molecule has 2 heterocycles. The summed E-state index contributed by atoms with van der Waals surface area (Å²) in [5.74, 6) is -2.05. The largest absolute Gasteiger partial charge is 0.401 e. The number of rotatable bonds is 10. The number of carbonyl (C=O) groups excluding carboxylic acids is 3. The Morgan fingerprint density at radius 3 is 2.52 bits per heavy atom. The number of nitrogens with zero attached hydrogens (tertiary/aromatic N) is 2. The topological polar surface area (TPSA) is 91.0 Å². The molecule has 15 heteroatoms. The summed E-state index contributed by atoms with van der Waals surface area (Å²) in [5, 5.41) is 4.83. The van der Waals surface area contributed by atoms with Crippen LogP contribution in [0, 0.1) is 0 Å². The average molecular weight is 609 g/mol. The Hall–Kier alpha value is -2.81. The maximum atomic E-state index is 14.0. The fourth-order valence-corrected chi connectivity index (χ4v) is 5.47. The van der Waals surface area contributed by atoms with Crippen LogP contribution in [0.15, 0.2) is 30.3 Å². The number of hydrogen-bond acceptors (Lipinski definition) is 6. The molecule has 2 aliphatic rings. The van der Waals surface area contributed by atoms with E-state index in [0.717, 1.165) is 22.3 Å². The van der Waals surface area contributed by atoms with Crippen LogP contribution in [0.2, 0.25) is 4.34 Å². The van der Waals surface area contributed by atoms with Gasteiger partial charge in [0.25, 0.3) is 18.2 Å². The minimum Gasteiger partial charge on any atom is -0.370 e. The van der Waals surface area contributed by atoms with Gasteiger partial charge in [0, 0.05) is 36.1 Å². The quantitative estimate of drug-likeness (QED) is 0.376. The summed E-state index contributed by atoms with van der Waals surface area (Å²) >= 11 is 6.82. The van der Waals surface area contributed by atoms with E-state index in [4.69, 9.17) is 16.3 Å². The van der Waals surface area contributed by atoms with Crippen molar-refractivity contribution < 1.29 is 41.1 Å². The van der Waals surface area contributed by atoms with Gasteiger partial charge in [0.1, 0.15) is 12.6 Å². The molecule has 1 atom stereocenters. The molecular formula is C25H26ClF5N4O4S.